The molecule has 2 rings (SSSR count). The first-order valence-corrected chi connectivity index (χ1v) is 6.97. The van der Waals surface area contributed by atoms with E-state index in [9.17, 15) is 4.79 Å². The van der Waals surface area contributed by atoms with Crippen LogP contribution in [0.5, 0.6) is 0 Å². The van der Waals surface area contributed by atoms with Crippen LogP contribution in [0.3, 0.4) is 0 Å². The molecule has 0 spiro atoms. The number of hydrogen-bond acceptors (Lipinski definition) is 3. The van der Waals surface area contributed by atoms with Crippen LogP contribution >= 0.6 is 11.8 Å². The third-order valence-corrected chi connectivity index (χ3v) is 3.79. The van der Waals surface area contributed by atoms with Crippen LogP contribution in [0.4, 0.5) is 5.82 Å². The molecule has 0 aliphatic heterocycles. The molecule has 1 amide bonds. The highest BCUT2D eigenvalue weighted by atomic mass is 32.2. The van der Waals surface area contributed by atoms with Crippen molar-refractivity contribution in [3.8, 4) is 0 Å². The summed E-state index contributed by atoms with van der Waals surface area (Å²) in [6, 6.07) is 11.8. The minimum absolute atomic E-state index is 0.0168. The van der Waals surface area contributed by atoms with Crippen molar-refractivity contribution >= 4 is 23.5 Å². The second kappa shape index (κ2) is 5.93. The van der Waals surface area contributed by atoms with Crippen molar-refractivity contribution in [3.05, 3.63) is 42.1 Å². The number of rotatable bonds is 4. The number of anilines is 1. The average molecular weight is 275 g/mol. The molecule has 5 heteroatoms. The van der Waals surface area contributed by atoms with Gasteiger partial charge in [-0.3, -0.25) is 9.48 Å². The topological polar surface area (TPSA) is 46.9 Å². The summed E-state index contributed by atoms with van der Waals surface area (Å²) < 4.78 is 1.67. The lowest BCUT2D eigenvalue weighted by atomic mass is 10.4. The Hall–Kier alpha value is -1.75. The van der Waals surface area contributed by atoms with Gasteiger partial charge in [0.25, 0.3) is 0 Å². The largest absolute Gasteiger partial charge is 0.310 e. The van der Waals surface area contributed by atoms with Gasteiger partial charge in [0.2, 0.25) is 5.91 Å². The zero-order chi connectivity index (χ0) is 13.8. The van der Waals surface area contributed by atoms with Crippen LogP contribution in [-0.4, -0.2) is 20.9 Å². The number of nitrogens with zero attached hydrogens (tertiary/aromatic N) is 2. The molecule has 0 saturated heterocycles. The zero-order valence-electron chi connectivity index (χ0n) is 11.3. The fourth-order valence-electron chi connectivity index (χ4n) is 1.71. The number of carbonyl (C=O) groups is 1. The molecule has 4 nitrogen and oxygen atoms in total. The highest BCUT2D eigenvalue weighted by molar-refractivity contribution is 8.00. The van der Waals surface area contributed by atoms with E-state index in [-0.39, 0.29) is 11.2 Å². The molecule has 1 N–H and O–H groups in total. The van der Waals surface area contributed by atoms with Crippen LogP contribution < -0.4 is 5.32 Å². The molecular weight excluding hydrogens is 258 g/mol. The Morgan fingerprint density at radius 3 is 2.63 bits per heavy atom. The van der Waals surface area contributed by atoms with E-state index in [2.05, 4.69) is 10.4 Å². The monoisotopic (exact) mass is 275 g/mol. The number of hydrogen-bond donors (Lipinski definition) is 1. The maximum absolute atomic E-state index is 12.1. The SMILES string of the molecule is Cc1cc(NC(=O)C(C)Sc2ccccc2)n(C)n1. The lowest BCUT2D eigenvalue weighted by molar-refractivity contribution is -0.115. The highest BCUT2D eigenvalue weighted by Crippen LogP contribution is 2.23. The van der Waals surface area contributed by atoms with Gasteiger partial charge >= 0.3 is 0 Å². The van der Waals surface area contributed by atoms with Gasteiger partial charge < -0.3 is 5.32 Å². The number of amides is 1. The fraction of sp³-hybridized carbons (Fsp3) is 0.286. The Kier molecular flexibility index (Phi) is 4.27. The lowest BCUT2D eigenvalue weighted by Crippen LogP contribution is -2.23. The van der Waals surface area contributed by atoms with Gasteiger partial charge in [0, 0.05) is 18.0 Å². The van der Waals surface area contributed by atoms with Gasteiger partial charge in [-0.25, -0.2) is 0 Å². The van der Waals surface area contributed by atoms with Gasteiger partial charge in [-0.15, -0.1) is 11.8 Å². The maximum Gasteiger partial charge on any atom is 0.238 e. The molecule has 1 aromatic carbocycles. The molecule has 0 bridgehead atoms. The van der Waals surface area contributed by atoms with Gasteiger partial charge in [0.1, 0.15) is 5.82 Å². The van der Waals surface area contributed by atoms with E-state index in [1.807, 2.05) is 57.3 Å². The Balaban J connectivity index is 1.98. The van der Waals surface area contributed by atoms with Crippen LogP contribution in [-0.2, 0) is 11.8 Å². The smallest absolute Gasteiger partial charge is 0.238 e. The van der Waals surface area contributed by atoms with Crippen molar-refractivity contribution in [2.45, 2.75) is 24.0 Å². The Bertz CT molecular complexity index is 565. The number of benzene rings is 1. The first-order valence-electron chi connectivity index (χ1n) is 6.09. The number of aromatic nitrogens is 2. The first-order chi connectivity index (χ1) is 9.06. The number of thioether (sulfide) groups is 1. The molecule has 1 unspecified atom stereocenters. The zero-order valence-corrected chi connectivity index (χ0v) is 12.1. The van der Waals surface area contributed by atoms with Crippen LogP contribution in [0.15, 0.2) is 41.3 Å². The molecule has 0 aliphatic carbocycles. The van der Waals surface area contributed by atoms with Gasteiger partial charge in [-0.05, 0) is 26.0 Å². The van der Waals surface area contributed by atoms with Crippen molar-refractivity contribution < 1.29 is 4.79 Å². The molecule has 100 valence electrons. The standard InChI is InChI=1S/C14H17N3OS/c1-10-9-13(17(3)16-10)15-14(18)11(2)19-12-7-5-4-6-8-12/h4-9,11H,1-3H3,(H,15,18). The number of aryl methyl sites for hydroxylation is 2. The van der Waals surface area contributed by atoms with E-state index in [1.165, 1.54) is 0 Å². The second-order valence-corrected chi connectivity index (χ2v) is 5.77. The second-order valence-electron chi connectivity index (χ2n) is 4.36. The number of carbonyl (C=O) groups excluding carboxylic acids is 1. The predicted octanol–water partition coefficient (Wildman–Crippen LogP) is 2.85. The minimum atomic E-state index is -0.155. The third-order valence-electron chi connectivity index (χ3n) is 2.68. The van der Waals surface area contributed by atoms with Crippen molar-refractivity contribution in [1.82, 2.24) is 9.78 Å². The summed E-state index contributed by atoms with van der Waals surface area (Å²) in [6.07, 6.45) is 0. The van der Waals surface area contributed by atoms with Crippen LogP contribution in [0.1, 0.15) is 12.6 Å². The van der Waals surface area contributed by atoms with E-state index >= 15 is 0 Å². The third kappa shape index (κ3) is 3.61. The van der Waals surface area contributed by atoms with Crippen molar-refractivity contribution in [2.75, 3.05) is 5.32 Å². The molecule has 1 heterocycles. The fourth-order valence-corrected chi connectivity index (χ4v) is 2.60. The van der Waals surface area contributed by atoms with Crippen molar-refractivity contribution in [3.63, 3.8) is 0 Å². The van der Waals surface area contributed by atoms with Crippen LogP contribution in [0.25, 0.3) is 0 Å². The van der Waals surface area contributed by atoms with Crippen LogP contribution in [0.2, 0.25) is 0 Å². The highest BCUT2D eigenvalue weighted by Gasteiger charge is 2.16. The summed E-state index contributed by atoms with van der Waals surface area (Å²) in [5, 5.41) is 6.94. The van der Waals surface area contributed by atoms with Gasteiger partial charge in [0.15, 0.2) is 0 Å². The Morgan fingerprint density at radius 1 is 1.37 bits per heavy atom. The lowest BCUT2D eigenvalue weighted by Gasteiger charge is -2.11. The summed E-state index contributed by atoms with van der Waals surface area (Å²) in [6.45, 7) is 3.80. The molecule has 0 radical (unpaired) electrons. The predicted molar refractivity (Wildman–Crippen MR) is 78.3 cm³/mol. The molecule has 0 aliphatic rings. The molecule has 0 saturated carbocycles. The van der Waals surface area contributed by atoms with Crippen molar-refractivity contribution in [1.29, 1.82) is 0 Å². The van der Waals surface area contributed by atoms with E-state index in [1.54, 1.807) is 16.4 Å². The van der Waals surface area contributed by atoms with E-state index in [4.69, 9.17) is 0 Å². The van der Waals surface area contributed by atoms with E-state index < -0.39 is 0 Å². The maximum atomic E-state index is 12.1. The Labute approximate surface area is 117 Å². The Morgan fingerprint density at radius 2 is 2.05 bits per heavy atom. The van der Waals surface area contributed by atoms with E-state index in [0.717, 1.165) is 16.4 Å². The van der Waals surface area contributed by atoms with Gasteiger partial charge in [-0.1, -0.05) is 18.2 Å². The van der Waals surface area contributed by atoms with Crippen LogP contribution in [0, 0.1) is 6.92 Å². The summed E-state index contributed by atoms with van der Waals surface area (Å²) >= 11 is 1.54. The first kappa shape index (κ1) is 13.7. The van der Waals surface area contributed by atoms with E-state index in [0.29, 0.717) is 0 Å². The van der Waals surface area contributed by atoms with Gasteiger partial charge in [-0.2, -0.15) is 5.10 Å². The molecule has 0 fully saturated rings. The molecule has 2 aromatic rings. The molecule has 19 heavy (non-hydrogen) atoms. The normalized spacial score (nSPS) is 12.2. The quantitative estimate of drug-likeness (QED) is 0.873. The molecule has 1 atom stereocenters. The average Bonchev–Trinajstić information content (AvgIpc) is 2.69. The summed E-state index contributed by atoms with van der Waals surface area (Å²) in [7, 11) is 1.82. The summed E-state index contributed by atoms with van der Waals surface area (Å²) in [5.41, 5.74) is 0.890. The minimum Gasteiger partial charge on any atom is -0.310 e. The molecule has 1 aromatic heterocycles. The molecular formula is C14H17N3OS. The summed E-state index contributed by atoms with van der Waals surface area (Å²) in [4.78, 5) is 13.2. The summed E-state index contributed by atoms with van der Waals surface area (Å²) in [5.74, 6) is 0.708. The number of nitrogens with one attached hydrogen (secondary N) is 1. The van der Waals surface area contributed by atoms with Gasteiger partial charge in [0.05, 0.1) is 10.9 Å². The van der Waals surface area contributed by atoms with Crippen molar-refractivity contribution in [2.24, 2.45) is 7.05 Å².